The van der Waals surface area contributed by atoms with Gasteiger partial charge >= 0.3 is 0 Å². The number of hydrogen-bond acceptors (Lipinski definition) is 4. The number of halogens is 1. The summed E-state index contributed by atoms with van der Waals surface area (Å²) in [5, 5.41) is 9.63. The van der Waals surface area contributed by atoms with Crippen LogP contribution in [0.4, 0.5) is 0 Å². The second-order valence-corrected chi connectivity index (χ2v) is 7.95. The molecule has 3 N–H and O–H groups in total. The molecule has 0 radical (unpaired) electrons. The smallest absolute Gasteiger partial charge is 0.227 e. The molecule has 1 aliphatic heterocycles. The summed E-state index contributed by atoms with van der Waals surface area (Å²) in [5.41, 5.74) is -0.550. The zero-order valence-electron chi connectivity index (χ0n) is 18.3. The lowest BCUT2D eigenvalue weighted by Crippen LogP contribution is -2.45. The van der Waals surface area contributed by atoms with E-state index in [1.54, 1.807) is 6.26 Å². The highest BCUT2D eigenvalue weighted by atomic mass is 127. The van der Waals surface area contributed by atoms with Gasteiger partial charge in [-0.2, -0.15) is 0 Å². The number of furan rings is 1. The van der Waals surface area contributed by atoms with Gasteiger partial charge < -0.3 is 20.4 Å². The molecule has 1 amide bonds. The molecule has 1 aromatic heterocycles. The van der Waals surface area contributed by atoms with Crippen LogP contribution in [0.5, 0.6) is 0 Å². The molecule has 0 aromatic carbocycles. The standard InChI is InChI=1S/C21H37N5O2.HI/c1-5-22-19(27)21(3,4)16-25-20(23-6-2)24-15-17(18-11-10-14-28-18)26-12-8-7-9-13-26;/h10-11,14,17H,5-9,12-13,15-16H2,1-4H3,(H,22,27)(H2,23,24,25);1H. The number of carbonyl (C=O) groups is 1. The van der Waals surface area contributed by atoms with Crippen molar-refractivity contribution < 1.29 is 9.21 Å². The van der Waals surface area contributed by atoms with Gasteiger partial charge in [0.1, 0.15) is 5.76 Å². The van der Waals surface area contributed by atoms with Crippen molar-refractivity contribution in [3.63, 3.8) is 0 Å². The Morgan fingerprint density at radius 1 is 1.17 bits per heavy atom. The summed E-state index contributed by atoms with van der Waals surface area (Å²) >= 11 is 0. The van der Waals surface area contributed by atoms with Crippen molar-refractivity contribution in [3.8, 4) is 0 Å². The lowest BCUT2D eigenvalue weighted by atomic mass is 9.92. The molecule has 7 nitrogen and oxygen atoms in total. The van der Waals surface area contributed by atoms with Gasteiger partial charge in [0.25, 0.3) is 0 Å². The monoisotopic (exact) mass is 519 g/mol. The largest absolute Gasteiger partial charge is 0.468 e. The molecule has 1 aliphatic rings. The molecule has 2 rings (SSSR count). The number of hydrogen-bond donors (Lipinski definition) is 3. The first-order chi connectivity index (χ1) is 13.5. The number of rotatable bonds is 9. The quantitative estimate of drug-likeness (QED) is 0.265. The highest BCUT2D eigenvalue weighted by Gasteiger charge is 2.27. The molecule has 1 saturated heterocycles. The zero-order valence-corrected chi connectivity index (χ0v) is 20.6. The van der Waals surface area contributed by atoms with Gasteiger partial charge in [-0.05, 0) is 65.8 Å². The maximum absolute atomic E-state index is 12.2. The number of likely N-dealkylation sites (tertiary alicyclic amines) is 1. The van der Waals surface area contributed by atoms with E-state index < -0.39 is 5.41 Å². The third kappa shape index (κ3) is 8.16. The van der Waals surface area contributed by atoms with E-state index in [1.165, 1.54) is 19.3 Å². The molecule has 166 valence electrons. The van der Waals surface area contributed by atoms with Crippen LogP contribution in [-0.4, -0.2) is 56.0 Å². The molecule has 2 heterocycles. The lowest BCUT2D eigenvalue weighted by Gasteiger charge is -2.33. The topological polar surface area (TPSA) is 81.9 Å². The molecule has 1 aromatic rings. The van der Waals surface area contributed by atoms with Crippen LogP contribution in [0.2, 0.25) is 0 Å². The molecule has 29 heavy (non-hydrogen) atoms. The minimum Gasteiger partial charge on any atom is -0.468 e. The Morgan fingerprint density at radius 3 is 2.45 bits per heavy atom. The SMILES string of the molecule is CCNC(=O)C(C)(C)CN=C(NCC)NCC(c1ccco1)N1CCCCC1.I. The second kappa shape index (κ2) is 13.1. The van der Waals surface area contributed by atoms with Crippen molar-refractivity contribution in [2.45, 2.75) is 53.0 Å². The summed E-state index contributed by atoms with van der Waals surface area (Å²) in [6.07, 6.45) is 5.49. The average Bonchev–Trinajstić information content (AvgIpc) is 3.21. The minimum atomic E-state index is -0.550. The number of piperidine rings is 1. The number of amides is 1. The first-order valence-electron chi connectivity index (χ1n) is 10.6. The van der Waals surface area contributed by atoms with Crippen LogP contribution in [0.3, 0.4) is 0 Å². The number of nitrogens with zero attached hydrogens (tertiary/aromatic N) is 2. The third-order valence-electron chi connectivity index (χ3n) is 5.09. The predicted molar refractivity (Wildman–Crippen MR) is 129 cm³/mol. The third-order valence-corrected chi connectivity index (χ3v) is 5.09. The fourth-order valence-electron chi connectivity index (χ4n) is 3.40. The van der Waals surface area contributed by atoms with Crippen LogP contribution in [0, 0.1) is 5.41 Å². The highest BCUT2D eigenvalue weighted by molar-refractivity contribution is 14.0. The van der Waals surface area contributed by atoms with Gasteiger partial charge in [0.15, 0.2) is 5.96 Å². The Bertz CT molecular complexity index is 613. The van der Waals surface area contributed by atoms with E-state index in [0.29, 0.717) is 19.6 Å². The van der Waals surface area contributed by atoms with Gasteiger partial charge in [-0.15, -0.1) is 24.0 Å². The van der Waals surface area contributed by atoms with Crippen LogP contribution in [0.1, 0.15) is 58.8 Å². The van der Waals surface area contributed by atoms with Crippen LogP contribution < -0.4 is 16.0 Å². The van der Waals surface area contributed by atoms with E-state index in [4.69, 9.17) is 4.42 Å². The molecular weight excluding hydrogens is 481 g/mol. The molecule has 0 aliphatic carbocycles. The molecule has 1 fully saturated rings. The van der Waals surface area contributed by atoms with Crippen molar-refractivity contribution in [2.75, 3.05) is 39.3 Å². The van der Waals surface area contributed by atoms with Crippen LogP contribution in [-0.2, 0) is 4.79 Å². The lowest BCUT2D eigenvalue weighted by molar-refractivity contribution is -0.128. The van der Waals surface area contributed by atoms with E-state index in [-0.39, 0.29) is 35.9 Å². The van der Waals surface area contributed by atoms with Gasteiger partial charge in [0.05, 0.1) is 24.3 Å². The molecule has 0 spiro atoms. The van der Waals surface area contributed by atoms with Crippen LogP contribution >= 0.6 is 24.0 Å². The van der Waals surface area contributed by atoms with Gasteiger partial charge in [0, 0.05) is 19.6 Å². The number of nitrogens with one attached hydrogen (secondary N) is 3. The van der Waals surface area contributed by atoms with Crippen LogP contribution in [0.15, 0.2) is 27.8 Å². The maximum atomic E-state index is 12.2. The fraction of sp³-hybridized carbons (Fsp3) is 0.714. The molecular formula is C21H38IN5O2. The van der Waals surface area contributed by atoms with Crippen molar-refractivity contribution >= 4 is 35.8 Å². The van der Waals surface area contributed by atoms with E-state index in [2.05, 4.69) is 25.8 Å². The summed E-state index contributed by atoms with van der Waals surface area (Å²) in [5.74, 6) is 1.73. The van der Waals surface area contributed by atoms with E-state index in [1.807, 2.05) is 39.8 Å². The van der Waals surface area contributed by atoms with Gasteiger partial charge in [0.2, 0.25) is 5.91 Å². The maximum Gasteiger partial charge on any atom is 0.227 e. The molecule has 8 heteroatoms. The molecule has 0 bridgehead atoms. The van der Waals surface area contributed by atoms with Gasteiger partial charge in [-0.25, -0.2) is 0 Å². The van der Waals surface area contributed by atoms with Gasteiger partial charge in [-0.3, -0.25) is 14.7 Å². The summed E-state index contributed by atoms with van der Waals surface area (Å²) in [6, 6.07) is 4.17. The minimum absolute atomic E-state index is 0. The Balaban J connectivity index is 0.00000420. The Hall–Kier alpha value is -1.29. The second-order valence-electron chi connectivity index (χ2n) is 7.95. The number of carbonyl (C=O) groups excluding carboxylic acids is 1. The normalized spacial score (nSPS) is 16.6. The highest BCUT2D eigenvalue weighted by Crippen LogP contribution is 2.24. The van der Waals surface area contributed by atoms with E-state index in [9.17, 15) is 4.79 Å². The first-order valence-corrected chi connectivity index (χ1v) is 10.6. The predicted octanol–water partition coefficient (Wildman–Crippen LogP) is 3.14. The van der Waals surface area contributed by atoms with E-state index >= 15 is 0 Å². The summed E-state index contributed by atoms with van der Waals surface area (Å²) in [4.78, 5) is 19.4. The molecule has 0 saturated carbocycles. The van der Waals surface area contributed by atoms with E-state index in [0.717, 1.165) is 31.4 Å². The first kappa shape index (κ1) is 25.7. The number of guanidine groups is 1. The van der Waals surface area contributed by atoms with Gasteiger partial charge in [-0.1, -0.05) is 6.42 Å². The summed E-state index contributed by atoms with van der Waals surface area (Å²) in [7, 11) is 0. The van der Waals surface area contributed by atoms with Crippen molar-refractivity contribution in [1.29, 1.82) is 0 Å². The van der Waals surface area contributed by atoms with Crippen molar-refractivity contribution in [3.05, 3.63) is 24.2 Å². The van der Waals surface area contributed by atoms with Crippen LogP contribution in [0.25, 0.3) is 0 Å². The molecule has 1 unspecified atom stereocenters. The van der Waals surface area contributed by atoms with Crippen molar-refractivity contribution in [2.24, 2.45) is 10.4 Å². The zero-order chi connectivity index (χ0) is 20.4. The fourth-order valence-corrected chi connectivity index (χ4v) is 3.40. The molecule has 1 atom stereocenters. The Morgan fingerprint density at radius 2 is 1.86 bits per heavy atom. The Kier molecular flexibility index (Phi) is 11.6. The summed E-state index contributed by atoms with van der Waals surface area (Å²) in [6.45, 7) is 12.5. The number of aliphatic imine (C=N–C) groups is 1. The Labute approximate surface area is 192 Å². The average molecular weight is 519 g/mol. The van der Waals surface area contributed by atoms with Crippen molar-refractivity contribution in [1.82, 2.24) is 20.9 Å². The summed E-state index contributed by atoms with van der Waals surface area (Å²) < 4.78 is 5.72.